The van der Waals surface area contributed by atoms with E-state index in [-0.39, 0.29) is 0 Å². The zero-order valence-corrected chi connectivity index (χ0v) is 9.61. The molecular formula is C13H9ClN2O. The van der Waals surface area contributed by atoms with E-state index in [1.54, 1.807) is 12.1 Å². The highest BCUT2D eigenvalue weighted by Crippen LogP contribution is 2.29. The fraction of sp³-hybridized carbons (Fsp3) is 0. The van der Waals surface area contributed by atoms with Crippen LogP contribution in [-0.2, 0) is 0 Å². The van der Waals surface area contributed by atoms with E-state index in [4.69, 9.17) is 21.8 Å². The minimum Gasteiger partial charge on any atom is -0.436 e. The van der Waals surface area contributed by atoms with Crippen LogP contribution < -0.4 is 5.73 Å². The maximum Gasteiger partial charge on any atom is 0.227 e. The number of aromatic nitrogens is 1. The molecular weight excluding hydrogens is 236 g/mol. The summed E-state index contributed by atoms with van der Waals surface area (Å²) in [5.74, 6) is 0.572. The van der Waals surface area contributed by atoms with Crippen LogP contribution in [0.2, 0.25) is 5.02 Å². The summed E-state index contributed by atoms with van der Waals surface area (Å²) in [7, 11) is 0. The van der Waals surface area contributed by atoms with E-state index >= 15 is 0 Å². The predicted octanol–water partition coefficient (Wildman–Crippen LogP) is 3.73. The van der Waals surface area contributed by atoms with Gasteiger partial charge in [-0.1, -0.05) is 29.8 Å². The highest BCUT2D eigenvalue weighted by molar-refractivity contribution is 6.33. The maximum absolute atomic E-state index is 5.94. The highest BCUT2D eigenvalue weighted by atomic mass is 35.5. The van der Waals surface area contributed by atoms with Crippen molar-refractivity contribution in [3.63, 3.8) is 0 Å². The van der Waals surface area contributed by atoms with Gasteiger partial charge in [-0.3, -0.25) is 0 Å². The van der Waals surface area contributed by atoms with Crippen LogP contribution in [0, 0.1) is 0 Å². The summed E-state index contributed by atoms with van der Waals surface area (Å²) in [6.45, 7) is 0. The molecule has 3 nitrogen and oxygen atoms in total. The SMILES string of the molecule is Nc1cc2oc(-c3ccccc3)nc2cc1Cl. The molecule has 0 unspecified atom stereocenters. The normalized spacial score (nSPS) is 10.9. The molecule has 2 N–H and O–H groups in total. The summed E-state index contributed by atoms with van der Waals surface area (Å²) < 4.78 is 5.64. The number of rotatable bonds is 1. The van der Waals surface area contributed by atoms with Gasteiger partial charge in [0.05, 0.1) is 10.7 Å². The third-order valence-corrected chi connectivity index (χ3v) is 2.85. The first-order valence-electron chi connectivity index (χ1n) is 5.15. The molecule has 2 aromatic carbocycles. The maximum atomic E-state index is 5.94. The second-order valence-electron chi connectivity index (χ2n) is 3.73. The first kappa shape index (κ1) is 10.2. The van der Waals surface area contributed by atoms with Crippen LogP contribution in [0.1, 0.15) is 0 Å². The minimum atomic E-state index is 0.491. The first-order chi connectivity index (χ1) is 8.24. The van der Waals surface area contributed by atoms with Crippen molar-refractivity contribution < 1.29 is 4.42 Å². The topological polar surface area (TPSA) is 52.0 Å². The fourth-order valence-electron chi connectivity index (χ4n) is 1.67. The zero-order chi connectivity index (χ0) is 11.8. The van der Waals surface area contributed by atoms with E-state index in [0.29, 0.717) is 27.7 Å². The Morgan fingerprint density at radius 2 is 1.88 bits per heavy atom. The van der Waals surface area contributed by atoms with Crippen LogP contribution in [0.4, 0.5) is 5.69 Å². The lowest BCUT2D eigenvalue weighted by Gasteiger charge is -1.94. The third-order valence-electron chi connectivity index (χ3n) is 2.53. The van der Waals surface area contributed by atoms with Crippen molar-refractivity contribution in [1.82, 2.24) is 4.98 Å². The summed E-state index contributed by atoms with van der Waals surface area (Å²) in [4.78, 5) is 4.38. The fourth-order valence-corrected chi connectivity index (χ4v) is 1.83. The van der Waals surface area contributed by atoms with Crippen molar-refractivity contribution in [2.75, 3.05) is 5.73 Å². The van der Waals surface area contributed by atoms with Crippen molar-refractivity contribution in [3.8, 4) is 11.5 Å². The van der Waals surface area contributed by atoms with Gasteiger partial charge in [0.2, 0.25) is 5.89 Å². The number of fused-ring (bicyclic) bond motifs is 1. The van der Waals surface area contributed by atoms with Gasteiger partial charge in [-0.2, -0.15) is 0 Å². The second kappa shape index (κ2) is 3.79. The molecule has 3 aromatic rings. The monoisotopic (exact) mass is 244 g/mol. The average Bonchev–Trinajstić information content (AvgIpc) is 2.74. The Balaban J connectivity index is 2.21. The van der Waals surface area contributed by atoms with Crippen molar-refractivity contribution in [3.05, 3.63) is 47.5 Å². The molecule has 0 saturated heterocycles. The van der Waals surface area contributed by atoms with Gasteiger partial charge in [-0.05, 0) is 18.2 Å². The molecule has 0 aliphatic heterocycles. The molecule has 0 saturated carbocycles. The van der Waals surface area contributed by atoms with Gasteiger partial charge >= 0.3 is 0 Å². The van der Waals surface area contributed by atoms with Gasteiger partial charge in [0, 0.05) is 11.6 Å². The van der Waals surface area contributed by atoms with E-state index in [2.05, 4.69) is 4.98 Å². The van der Waals surface area contributed by atoms with E-state index in [1.165, 1.54) is 0 Å². The van der Waals surface area contributed by atoms with E-state index in [9.17, 15) is 0 Å². The molecule has 0 bridgehead atoms. The number of nitrogens with zero attached hydrogens (tertiary/aromatic N) is 1. The molecule has 0 atom stereocenters. The van der Waals surface area contributed by atoms with Crippen LogP contribution in [0.15, 0.2) is 46.9 Å². The smallest absolute Gasteiger partial charge is 0.227 e. The number of halogens is 1. The molecule has 0 amide bonds. The highest BCUT2D eigenvalue weighted by Gasteiger charge is 2.09. The van der Waals surface area contributed by atoms with Crippen LogP contribution in [0.25, 0.3) is 22.6 Å². The molecule has 0 spiro atoms. The summed E-state index contributed by atoms with van der Waals surface area (Å²) in [5, 5.41) is 0.491. The van der Waals surface area contributed by atoms with Crippen LogP contribution in [0.5, 0.6) is 0 Å². The third kappa shape index (κ3) is 1.74. The van der Waals surface area contributed by atoms with E-state index < -0.39 is 0 Å². The minimum absolute atomic E-state index is 0.491. The van der Waals surface area contributed by atoms with Crippen LogP contribution in [-0.4, -0.2) is 4.98 Å². The number of hydrogen-bond donors (Lipinski definition) is 1. The molecule has 4 heteroatoms. The second-order valence-corrected chi connectivity index (χ2v) is 4.13. The predicted molar refractivity (Wildman–Crippen MR) is 68.9 cm³/mol. The largest absolute Gasteiger partial charge is 0.436 e. The molecule has 84 valence electrons. The Morgan fingerprint density at radius 3 is 2.65 bits per heavy atom. The van der Waals surface area contributed by atoms with Crippen molar-refractivity contribution in [2.24, 2.45) is 0 Å². The van der Waals surface area contributed by atoms with Gasteiger partial charge < -0.3 is 10.2 Å². The van der Waals surface area contributed by atoms with Crippen molar-refractivity contribution in [1.29, 1.82) is 0 Å². The Labute approximate surface area is 103 Å². The number of hydrogen-bond acceptors (Lipinski definition) is 3. The lowest BCUT2D eigenvalue weighted by atomic mass is 10.2. The van der Waals surface area contributed by atoms with Gasteiger partial charge in [0.15, 0.2) is 5.58 Å². The van der Waals surface area contributed by atoms with E-state index in [0.717, 1.165) is 5.56 Å². The first-order valence-corrected chi connectivity index (χ1v) is 5.53. The quantitative estimate of drug-likeness (QED) is 0.664. The summed E-state index contributed by atoms with van der Waals surface area (Å²) >= 11 is 5.94. The summed E-state index contributed by atoms with van der Waals surface area (Å²) in [6, 6.07) is 13.1. The van der Waals surface area contributed by atoms with Crippen LogP contribution >= 0.6 is 11.6 Å². The summed E-state index contributed by atoms with van der Waals surface area (Å²) in [5.41, 5.74) is 8.49. The van der Waals surface area contributed by atoms with Gasteiger partial charge in [-0.25, -0.2) is 4.98 Å². The number of oxazole rings is 1. The molecule has 1 aromatic heterocycles. The standard InChI is InChI=1S/C13H9ClN2O/c14-9-6-11-12(7-10(9)15)17-13(16-11)8-4-2-1-3-5-8/h1-7H,15H2. The van der Waals surface area contributed by atoms with Crippen molar-refractivity contribution in [2.45, 2.75) is 0 Å². The van der Waals surface area contributed by atoms with Gasteiger partial charge in [-0.15, -0.1) is 0 Å². The number of benzene rings is 2. The molecule has 0 aliphatic carbocycles. The lowest BCUT2D eigenvalue weighted by molar-refractivity contribution is 0.620. The van der Waals surface area contributed by atoms with Crippen LogP contribution in [0.3, 0.4) is 0 Å². The number of nitrogen functional groups attached to an aromatic ring is 1. The Bertz CT molecular complexity index is 637. The number of anilines is 1. The number of nitrogens with two attached hydrogens (primary N) is 1. The van der Waals surface area contributed by atoms with Gasteiger partial charge in [0.1, 0.15) is 5.52 Å². The molecule has 0 fully saturated rings. The molecule has 1 heterocycles. The molecule has 0 aliphatic rings. The Kier molecular flexibility index (Phi) is 2.27. The zero-order valence-electron chi connectivity index (χ0n) is 8.85. The summed E-state index contributed by atoms with van der Waals surface area (Å²) in [6.07, 6.45) is 0. The molecule has 3 rings (SSSR count). The Morgan fingerprint density at radius 1 is 1.12 bits per heavy atom. The Hall–Kier alpha value is -2.00. The van der Waals surface area contributed by atoms with E-state index in [1.807, 2.05) is 30.3 Å². The van der Waals surface area contributed by atoms with Gasteiger partial charge in [0.25, 0.3) is 0 Å². The lowest BCUT2D eigenvalue weighted by Crippen LogP contribution is -1.84. The molecule has 17 heavy (non-hydrogen) atoms. The molecule has 0 radical (unpaired) electrons. The average molecular weight is 245 g/mol. The van der Waals surface area contributed by atoms with Crippen molar-refractivity contribution >= 4 is 28.4 Å².